The van der Waals surface area contributed by atoms with Gasteiger partial charge in [0.25, 0.3) is 0 Å². The van der Waals surface area contributed by atoms with E-state index in [1.165, 1.54) is 0 Å². The lowest BCUT2D eigenvalue weighted by Crippen LogP contribution is -2.71. The summed E-state index contributed by atoms with van der Waals surface area (Å²) in [6.07, 6.45) is 1.69. The molecule has 0 saturated carbocycles. The van der Waals surface area contributed by atoms with Gasteiger partial charge in [-0.1, -0.05) is 20.8 Å². The van der Waals surface area contributed by atoms with Crippen LogP contribution >= 0.6 is 0 Å². The Morgan fingerprint density at radius 3 is 2.10 bits per heavy atom. The normalized spacial score (nSPS) is 21.4. The van der Waals surface area contributed by atoms with E-state index in [1.807, 2.05) is 51.3 Å². The van der Waals surface area contributed by atoms with Crippen molar-refractivity contribution in [2.45, 2.75) is 65.5 Å². The van der Waals surface area contributed by atoms with Crippen LogP contribution in [0.3, 0.4) is 0 Å². The lowest BCUT2D eigenvalue weighted by Gasteiger charge is -2.53. The molecule has 0 aromatic rings. The van der Waals surface area contributed by atoms with Gasteiger partial charge in [-0.15, -0.1) is 0 Å². The third-order valence-corrected chi connectivity index (χ3v) is 4.11. The fourth-order valence-electron chi connectivity index (χ4n) is 3.15. The fraction of sp³-hybridized carbons (Fsp3) is 0.875. The molecule has 120 valence electrons. The second-order valence-electron chi connectivity index (χ2n) is 8.37. The summed E-state index contributed by atoms with van der Waals surface area (Å²) < 4.78 is 5.50. The summed E-state index contributed by atoms with van der Waals surface area (Å²) in [5.74, 6) is 0.157. The molecule has 2 saturated heterocycles. The van der Waals surface area contributed by atoms with Crippen molar-refractivity contribution in [3.8, 4) is 0 Å². The van der Waals surface area contributed by atoms with Gasteiger partial charge in [-0.3, -0.25) is 9.69 Å². The first-order valence-electron chi connectivity index (χ1n) is 7.75. The Hall–Kier alpha value is -1.26. The number of hydrogen-bond acceptors (Lipinski definition) is 3. The molecule has 2 heterocycles. The largest absolute Gasteiger partial charge is 0.444 e. The zero-order chi connectivity index (χ0) is 16.1. The van der Waals surface area contributed by atoms with Crippen LogP contribution in [0.5, 0.6) is 0 Å². The molecule has 0 aromatic carbocycles. The summed E-state index contributed by atoms with van der Waals surface area (Å²) in [6, 6.07) is 0. The molecular formula is C16H28N2O3. The molecule has 1 spiro atoms. The number of likely N-dealkylation sites (tertiary alicyclic amines) is 2. The van der Waals surface area contributed by atoms with E-state index in [9.17, 15) is 9.59 Å². The Bertz CT molecular complexity index is 439. The van der Waals surface area contributed by atoms with Gasteiger partial charge in [-0.2, -0.15) is 0 Å². The zero-order valence-corrected chi connectivity index (χ0v) is 14.2. The second-order valence-corrected chi connectivity index (χ2v) is 8.37. The molecule has 0 unspecified atom stereocenters. The molecule has 0 N–H and O–H groups in total. The lowest BCUT2D eigenvalue weighted by molar-refractivity contribution is -0.152. The first-order valence-corrected chi connectivity index (χ1v) is 7.75. The van der Waals surface area contributed by atoms with Gasteiger partial charge in [0.15, 0.2) is 0 Å². The van der Waals surface area contributed by atoms with Gasteiger partial charge in [0.1, 0.15) is 5.60 Å². The Labute approximate surface area is 127 Å². The van der Waals surface area contributed by atoms with Crippen molar-refractivity contribution in [3.63, 3.8) is 0 Å². The number of carbonyl (C=O) groups is 2. The zero-order valence-electron chi connectivity index (χ0n) is 14.2. The van der Waals surface area contributed by atoms with Gasteiger partial charge in [0.05, 0.1) is 5.54 Å². The molecule has 0 aliphatic carbocycles. The summed E-state index contributed by atoms with van der Waals surface area (Å²) in [4.78, 5) is 28.3. The van der Waals surface area contributed by atoms with Crippen LogP contribution in [0.15, 0.2) is 0 Å². The highest BCUT2D eigenvalue weighted by atomic mass is 16.6. The first-order chi connectivity index (χ1) is 9.45. The van der Waals surface area contributed by atoms with Gasteiger partial charge >= 0.3 is 6.09 Å². The van der Waals surface area contributed by atoms with Gasteiger partial charge in [0, 0.05) is 25.0 Å². The summed E-state index contributed by atoms with van der Waals surface area (Å²) in [7, 11) is 0. The van der Waals surface area contributed by atoms with Gasteiger partial charge in [-0.05, 0) is 33.6 Å². The minimum absolute atomic E-state index is 0.157. The van der Waals surface area contributed by atoms with E-state index in [0.29, 0.717) is 13.1 Å². The summed E-state index contributed by atoms with van der Waals surface area (Å²) in [5.41, 5.74) is -1.04. The van der Waals surface area contributed by atoms with E-state index >= 15 is 0 Å². The van der Waals surface area contributed by atoms with Crippen molar-refractivity contribution in [3.05, 3.63) is 0 Å². The molecule has 2 rings (SSSR count). The van der Waals surface area contributed by atoms with E-state index in [1.54, 1.807) is 0 Å². The number of hydrogen-bond donors (Lipinski definition) is 0. The minimum Gasteiger partial charge on any atom is -0.444 e. The van der Waals surface area contributed by atoms with Crippen molar-refractivity contribution in [1.82, 2.24) is 9.80 Å². The average Bonchev–Trinajstić information content (AvgIpc) is 2.66. The smallest absolute Gasteiger partial charge is 0.410 e. The van der Waals surface area contributed by atoms with Gasteiger partial charge in [0.2, 0.25) is 5.91 Å². The van der Waals surface area contributed by atoms with E-state index < -0.39 is 5.60 Å². The highest BCUT2D eigenvalue weighted by Gasteiger charge is 2.55. The summed E-state index contributed by atoms with van der Waals surface area (Å²) in [6.45, 7) is 13.4. The van der Waals surface area contributed by atoms with Crippen molar-refractivity contribution in [1.29, 1.82) is 0 Å². The monoisotopic (exact) mass is 296 g/mol. The molecule has 2 aliphatic heterocycles. The molecular weight excluding hydrogens is 268 g/mol. The lowest BCUT2D eigenvalue weighted by atomic mass is 9.83. The number of ether oxygens (including phenoxy) is 1. The topological polar surface area (TPSA) is 49.9 Å². The van der Waals surface area contributed by atoms with Crippen molar-refractivity contribution < 1.29 is 14.3 Å². The fourth-order valence-corrected chi connectivity index (χ4v) is 3.15. The predicted molar refractivity (Wildman–Crippen MR) is 80.9 cm³/mol. The molecule has 21 heavy (non-hydrogen) atoms. The predicted octanol–water partition coefficient (Wildman–Crippen LogP) is 2.64. The van der Waals surface area contributed by atoms with Crippen LogP contribution in [0.2, 0.25) is 0 Å². The van der Waals surface area contributed by atoms with E-state index in [-0.39, 0.29) is 23.0 Å². The Balaban J connectivity index is 2.02. The molecule has 2 aliphatic rings. The maximum atomic E-state index is 12.3. The van der Waals surface area contributed by atoms with Crippen LogP contribution in [0, 0.1) is 5.41 Å². The van der Waals surface area contributed by atoms with Gasteiger partial charge < -0.3 is 9.64 Å². The van der Waals surface area contributed by atoms with Crippen LogP contribution in [0.25, 0.3) is 0 Å². The van der Waals surface area contributed by atoms with Gasteiger partial charge in [-0.25, -0.2) is 4.79 Å². The van der Waals surface area contributed by atoms with Crippen molar-refractivity contribution >= 4 is 12.0 Å². The Morgan fingerprint density at radius 2 is 1.62 bits per heavy atom. The molecule has 2 amide bonds. The van der Waals surface area contributed by atoms with Crippen LogP contribution in [-0.2, 0) is 9.53 Å². The Morgan fingerprint density at radius 1 is 1.05 bits per heavy atom. The van der Waals surface area contributed by atoms with Crippen LogP contribution in [0.1, 0.15) is 54.4 Å². The molecule has 2 fully saturated rings. The molecule has 5 nitrogen and oxygen atoms in total. The Kier molecular flexibility index (Phi) is 3.75. The maximum Gasteiger partial charge on any atom is 0.410 e. The molecule has 0 atom stereocenters. The first kappa shape index (κ1) is 16.1. The number of rotatable bonds is 0. The average molecular weight is 296 g/mol. The van der Waals surface area contributed by atoms with Crippen LogP contribution in [0.4, 0.5) is 4.79 Å². The number of nitrogens with zero attached hydrogens (tertiary/aromatic N) is 2. The summed E-state index contributed by atoms with van der Waals surface area (Å²) in [5, 5.41) is 0. The standard InChI is InChI=1S/C16H28N2O3/c1-14(2,3)12(19)17-10-16(11-17)8-7-9-18(16)13(20)21-15(4,5)6/h7-11H2,1-6H3. The maximum absolute atomic E-state index is 12.3. The quantitative estimate of drug-likeness (QED) is 0.690. The molecule has 0 radical (unpaired) electrons. The second kappa shape index (κ2) is 4.89. The van der Waals surface area contributed by atoms with E-state index in [2.05, 4.69) is 0 Å². The highest BCUT2D eigenvalue weighted by Crippen LogP contribution is 2.40. The van der Waals surface area contributed by atoms with Crippen molar-refractivity contribution in [2.24, 2.45) is 5.41 Å². The number of carbonyl (C=O) groups excluding carboxylic acids is 2. The molecule has 0 aromatic heterocycles. The van der Waals surface area contributed by atoms with Crippen molar-refractivity contribution in [2.75, 3.05) is 19.6 Å². The number of amides is 2. The van der Waals surface area contributed by atoms with Crippen LogP contribution in [-0.4, -0.2) is 52.6 Å². The minimum atomic E-state index is -0.481. The van der Waals surface area contributed by atoms with E-state index in [4.69, 9.17) is 4.74 Å². The third-order valence-electron chi connectivity index (χ3n) is 4.11. The SMILES string of the molecule is CC(C)(C)OC(=O)N1CCCC12CN(C(=O)C(C)(C)C)C2. The molecule has 5 heteroatoms. The van der Waals surface area contributed by atoms with Crippen LogP contribution < -0.4 is 0 Å². The third kappa shape index (κ3) is 3.16. The summed E-state index contributed by atoms with van der Waals surface area (Å²) >= 11 is 0. The van der Waals surface area contributed by atoms with E-state index in [0.717, 1.165) is 19.4 Å². The highest BCUT2D eigenvalue weighted by molar-refractivity contribution is 5.83. The molecule has 0 bridgehead atoms.